The van der Waals surface area contributed by atoms with Gasteiger partial charge in [0.05, 0.1) is 16.3 Å². The largest absolute Gasteiger partial charge is 0.454 e. The fourth-order valence-corrected chi connectivity index (χ4v) is 2.92. The van der Waals surface area contributed by atoms with Crippen LogP contribution in [0.2, 0.25) is 0 Å². The van der Waals surface area contributed by atoms with Crippen LogP contribution in [0.25, 0.3) is 21.8 Å². The van der Waals surface area contributed by atoms with E-state index in [1.54, 1.807) is 11.3 Å². The Morgan fingerprint density at radius 2 is 2.05 bits per heavy atom. The van der Waals surface area contributed by atoms with E-state index in [2.05, 4.69) is 9.97 Å². The number of rotatable bonds is 2. The lowest BCUT2D eigenvalue weighted by Gasteiger charge is -2.04. The molecule has 0 radical (unpaired) electrons. The van der Waals surface area contributed by atoms with Crippen LogP contribution in [0, 0.1) is 0 Å². The van der Waals surface area contributed by atoms with Gasteiger partial charge in [-0.15, -0.1) is 11.3 Å². The molecule has 5 nitrogen and oxygen atoms in total. The van der Waals surface area contributed by atoms with Crippen molar-refractivity contribution in [3.63, 3.8) is 0 Å². The van der Waals surface area contributed by atoms with Crippen LogP contribution >= 0.6 is 11.3 Å². The molecule has 104 valence electrons. The van der Waals surface area contributed by atoms with Gasteiger partial charge in [0.2, 0.25) is 6.79 Å². The molecule has 0 amide bonds. The highest BCUT2D eigenvalue weighted by Gasteiger charge is 2.15. The monoisotopic (exact) mass is 298 g/mol. The summed E-state index contributed by atoms with van der Waals surface area (Å²) in [4.78, 5) is 19.6. The highest BCUT2D eigenvalue weighted by Crippen LogP contribution is 2.35. The molecule has 3 heterocycles. The second-order valence-electron chi connectivity index (χ2n) is 4.53. The first-order valence-electron chi connectivity index (χ1n) is 6.35. The molecule has 0 saturated heterocycles. The van der Waals surface area contributed by atoms with Crippen LogP contribution in [-0.2, 0) is 0 Å². The van der Waals surface area contributed by atoms with Crippen LogP contribution in [0.3, 0.4) is 0 Å². The molecule has 0 aliphatic carbocycles. The van der Waals surface area contributed by atoms with E-state index in [1.165, 1.54) is 0 Å². The van der Waals surface area contributed by atoms with Crippen LogP contribution in [0.5, 0.6) is 11.5 Å². The minimum Gasteiger partial charge on any atom is -0.454 e. The van der Waals surface area contributed by atoms with Crippen molar-refractivity contribution in [3.05, 3.63) is 52.3 Å². The van der Waals surface area contributed by atoms with Gasteiger partial charge in [0, 0.05) is 5.56 Å². The van der Waals surface area contributed by atoms with Gasteiger partial charge < -0.3 is 14.5 Å². The number of nitrogens with zero attached hydrogens (tertiary/aromatic N) is 1. The van der Waals surface area contributed by atoms with E-state index < -0.39 is 0 Å². The molecule has 0 bridgehead atoms. The van der Waals surface area contributed by atoms with Gasteiger partial charge in [-0.2, -0.15) is 4.98 Å². The Morgan fingerprint density at radius 1 is 1.14 bits per heavy atom. The second kappa shape index (κ2) is 4.75. The van der Waals surface area contributed by atoms with E-state index in [0.29, 0.717) is 17.2 Å². The number of thiophene rings is 1. The zero-order chi connectivity index (χ0) is 14.2. The Labute approximate surface area is 123 Å². The summed E-state index contributed by atoms with van der Waals surface area (Å²) in [6.07, 6.45) is 0. The van der Waals surface area contributed by atoms with Crippen LogP contribution in [-0.4, -0.2) is 16.8 Å². The number of fused-ring (bicyclic) bond motifs is 1. The highest BCUT2D eigenvalue weighted by molar-refractivity contribution is 7.13. The van der Waals surface area contributed by atoms with Gasteiger partial charge in [0.1, 0.15) is 0 Å². The number of hydrogen-bond acceptors (Lipinski definition) is 5. The minimum absolute atomic E-state index is 0.224. The average Bonchev–Trinajstić information content (AvgIpc) is 3.17. The van der Waals surface area contributed by atoms with Crippen molar-refractivity contribution < 1.29 is 9.47 Å². The van der Waals surface area contributed by atoms with Crippen molar-refractivity contribution in [3.8, 4) is 33.3 Å². The van der Waals surface area contributed by atoms with Crippen LogP contribution < -0.4 is 15.2 Å². The molecule has 2 aromatic heterocycles. The molecule has 0 saturated carbocycles. The molecule has 0 fully saturated rings. The fraction of sp³-hybridized carbons (Fsp3) is 0.0667. The zero-order valence-corrected chi connectivity index (χ0v) is 11.6. The Balaban J connectivity index is 1.83. The minimum atomic E-state index is -0.367. The molecule has 1 aliphatic rings. The standard InChI is InChI=1S/C15H10N2O3S/c18-15-16-10(7-11(17-15)14-2-1-5-21-14)9-3-4-12-13(6-9)20-8-19-12/h1-7H,8H2,(H,16,17,18). The normalized spacial score (nSPS) is 12.6. The predicted octanol–water partition coefficient (Wildman–Crippen LogP) is 2.89. The molecule has 1 aliphatic heterocycles. The maximum absolute atomic E-state index is 11.8. The maximum atomic E-state index is 11.8. The lowest BCUT2D eigenvalue weighted by atomic mass is 10.1. The molecule has 0 spiro atoms. The van der Waals surface area contributed by atoms with Gasteiger partial charge in [-0.25, -0.2) is 4.79 Å². The van der Waals surface area contributed by atoms with Gasteiger partial charge in [0.25, 0.3) is 0 Å². The van der Waals surface area contributed by atoms with E-state index in [9.17, 15) is 4.79 Å². The lowest BCUT2D eigenvalue weighted by Crippen LogP contribution is -2.11. The average molecular weight is 298 g/mol. The molecule has 6 heteroatoms. The predicted molar refractivity (Wildman–Crippen MR) is 79.7 cm³/mol. The van der Waals surface area contributed by atoms with E-state index in [4.69, 9.17) is 9.47 Å². The van der Waals surface area contributed by atoms with E-state index >= 15 is 0 Å². The number of H-pyrrole nitrogens is 1. The fourth-order valence-electron chi connectivity index (χ4n) is 2.23. The number of aromatic nitrogens is 2. The molecule has 1 N–H and O–H groups in total. The number of aromatic amines is 1. The van der Waals surface area contributed by atoms with Crippen LogP contribution in [0.15, 0.2) is 46.6 Å². The van der Waals surface area contributed by atoms with Crippen molar-refractivity contribution in [1.29, 1.82) is 0 Å². The van der Waals surface area contributed by atoms with E-state index in [0.717, 1.165) is 16.1 Å². The molecule has 0 unspecified atom stereocenters. The van der Waals surface area contributed by atoms with Gasteiger partial charge in [-0.1, -0.05) is 6.07 Å². The van der Waals surface area contributed by atoms with E-state index in [1.807, 2.05) is 41.8 Å². The summed E-state index contributed by atoms with van der Waals surface area (Å²) in [7, 11) is 0. The van der Waals surface area contributed by atoms with Crippen LogP contribution in [0.1, 0.15) is 0 Å². The quantitative estimate of drug-likeness (QED) is 0.790. The highest BCUT2D eigenvalue weighted by atomic mass is 32.1. The summed E-state index contributed by atoms with van der Waals surface area (Å²) in [5.41, 5.74) is 1.83. The van der Waals surface area contributed by atoms with Gasteiger partial charge in [0.15, 0.2) is 11.5 Å². The number of benzene rings is 1. The van der Waals surface area contributed by atoms with Crippen molar-refractivity contribution in [1.82, 2.24) is 9.97 Å². The summed E-state index contributed by atoms with van der Waals surface area (Å²) in [5, 5.41) is 1.97. The number of hydrogen-bond donors (Lipinski definition) is 1. The molecule has 0 atom stereocenters. The van der Waals surface area contributed by atoms with Crippen molar-refractivity contribution in [2.75, 3.05) is 6.79 Å². The number of ether oxygens (including phenoxy) is 2. The maximum Gasteiger partial charge on any atom is 0.345 e. The zero-order valence-electron chi connectivity index (χ0n) is 10.8. The lowest BCUT2D eigenvalue weighted by molar-refractivity contribution is 0.174. The molecule has 1 aromatic carbocycles. The second-order valence-corrected chi connectivity index (χ2v) is 5.48. The van der Waals surface area contributed by atoms with Crippen molar-refractivity contribution >= 4 is 11.3 Å². The van der Waals surface area contributed by atoms with Crippen molar-refractivity contribution in [2.45, 2.75) is 0 Å². The van der Waals surface area contributed by atoms with Gasteiger partial charge in [-0.3, -0.25) is 0 Å². The Bertz CT molecular complexity index is 856. The molecule has 4 rings (SSSR count). The third-order valence-electron chi connectivity index (χ3n) is 3.20. The molecular weight excluding hydrogens is 288 g/mol. The summed E-state index contributed by atoms with van der Waals surface area (Å²) in [5.74, 6) is 1.38. The summed E-state index contributed by atoms with van der Waals surface area (Å²) in [6, 6.07) is 11.3. The molecule has 3 aromatic rings. The Morgan fingerprint density at radius 3 is 2.90 bits per heavy atom. The van der Waals surface area contributed by atoms with Gasteiger partial charge >= 0.3 is 5.69 Å². The summed E-state index contributed by atoms with van der Waals surface area (Å²) in [6.45, 7) is 0.224. The first-order valence-corrected chi connectivity index (χ1v) is 7.23. The summed E-state index contributed by atoms with van der Waals surface area (Å²) >= 11 is 1.57. The topological polar surface area (TPSA) is 64.2 Å². The van der Waals surface area contributed by atoms with Crippen LogP contribution in [0.4, 0.5) is 0 Å². The Kier molecular flexibility index (Phi) is 2.75. The van der Waals surface area contributed by atoms with Crippen molar-refractivity contribution in [2.24, 2.45) is 0 Å². The SMILES string of the molecule is O=c1nc(-c2ccc3c(c2)OCO3)cc(-c2cccs2)[nH]1. The third kappa shape index (κ3) is 2.19. The van der Waals surface area contributed by atoms with E-state index in [-0.39, 0.29) is 12.5 Å². The first-order chi connectivity index (χ1) is 10.3. The first kappa shape index (κ1) is 12.2. The smallest absolute Gasteiger partial charge is 0.345 e. The van der Waals surface area contributed by atoms with Gasteiger partial charge in [-0.05, 0) is 35.7 Å². The Hall–Kier alpha value is -2.60. The summed E-state index contributed by atoms with van der Waals surface area (Å²) < 4.78 is 10.6. The molecular formula is C15H10N2O3S. The third-order valence-corrected chi connectivity index (χ3v) is 4.10. The molecule has 21 heavy (non-hydrogen) atoms. The number of nitrogens with one attached hydrogen (secondary N) is 1.